The van der Waals surface area contributed by atoms with Gasteiger partial charge in [0.05, 0.1) is 6.10 Å². The van der Waals surface area contributed by atoms with Crippen molar-refractivity contribution in [1.82, 2.24) is 5.32 Å². The van der Waals surface area contributed by atoms with Gasteiger partial charge in [-0.2, -0.15) is 0 Å². The number of alkyl carbamates (subject to hydrolysis) is 1. The number of hydrogen-bond acceptors (Lipinski definition) is 5. The maximum atomic E-state index is 12.3. The van der Waals surface area contributed by atoms with Crippen molar-refractivity contribution in [3.05, 3.63) is 35.6 Å². The Morgan fingerprint density at radius 2 is 1.81 bits per heavy atom. The van der Waals surface area contributed by atoms with Gasteiger partial charge in [0.1, 0.15) is 23.6 Å². The summed E-state index contributed by atoms with van der Waals surface area (Å²) in [6.07, 6.45) is 4.76. The van der Waals surface area contributed by atoms with Gasteiger partial charge in [0, 0.05) is 13.0 Å². The minimum absolute atomic E-state index is 0.119. The third-order valence-electron chi connectivity index (χ3n) is 5.18. The third kappa shape index (κ3) is 10.9. The monoisotopic (exact) mass is 451 g/mol. The molecule has 0 radical (unpaired) electrons. The quantitative estimate of drug-likeness (QED) is 0.628. The van der Waals surface area contributed by atoms with E-state index in [0.717, 1.165) is 30.9 Å². The molecule has 1 aromatic rings. The van der Waals surface area contributed by atoms with E-state index in [0.29, 0.717) is 12.8 Å². The molecule has 0 aromatic heterocycles. The van der Waals surface area contributed by atoms with Crippen LogP contribution in [0.5, 0.6) is 0 Å². The summed E-state index contributed by atoms with van der Waals surface area (Å²) in [4.78, 5) is 24.2. The van der Waals surface area contributed by atoms with E-state index in [4.69, 9.17) is 14.2 Å². The van der Waals surface area contributed by atoms with Crippen LogP contribution in [0.2, 0.25) is 0 Å². The number of carbonyl (C=O) groups excluding carboxylic acids is 2. The number of hydrogen-bond donors (Lipinski definition) is 1. The molecular weight excluding hydrogens is 413 g/mol. The molecule has 1 N–H and O–H groups in total. The van der Waals surface area contributed by atoms with Crippen molar-refractivity contribution in [3.8, 4) is 0 Å². The minimum atomic E-state index is -0.663. The van der Waals surface area contributed by atoms with Crippen molar-refractivity contribution >= 4 is 12.1 Å². The van der Waals surface area contributed by atoms with E-state index in [-0.39, 0.29) is 18.0 Å². The van der Waals surface area contributed by atoms with Gasteiger partial charge >= 0.3 is 12.1 Å². The van der Waals surface area contributed by atoms with Gasteiger partial charge in [-0.3, -0.25) is 0 Å². The van der Waals surface area contributed by atoms with Gasteiger partial charge < -0.3 is 19.5 Å². The second-order valence-electron chi connectivity index (χ2n) is 9.81. The molecule has 1 aromatic carbocycles. The van der Waals surface area contributed by atoms with Gasteiger partial charge in [-0.1, -0.05) is 17.7 Å². The van der Waals surface area contributed by atoms with E-state index in [1.54, 1.807) is 32.9 Å². The number of amides is 1. The standard InChI is InChI=1S/C18H31NO5.C7H7F/c1-12-10-14(22-11-13-8-9-13)6-5-7-15(16(20)23-12)19-17(21)24-18(2,3)4;1-6-2-4-7(8)5-3-6/h12-15H,5-11H2,1-4H3,(H,19,21);2-5H,1H3/t12?,14?,15-;/m0./s1. The highest BCUT2D eigenvalue weighted by atomic mass is 19.1. The molecule has 1 aliphatic carbocycles. The molecule has 0 bridgehead atoms. The fourth-order valence-corrected chi connectivity index (χ4v) is 3.31. The van der Waals surface area contributed by atoms with Crippen molar-refractivity contribution in [1.29, 1.82) is 0 Å². The fraction of sp³-hybridized carbons (Fsp3) is 0.680. The molecule has 180 valence electrons. The van der Waals surface area contributed by atoms with Crippen molar-refractivity contribution < 1.29 is 28.2 Å². The maximum absolute atomic E-state index is 12.3. The summed E-state index contributed by atoms with van der Waals surface area (Å²) >= 11 is 0. The lowest BCUT2D eigenvalue weighted by Gasteiger charge is -2.23. The highest BCUT2D eigenvalue weighted by molar-refractivity contribution is 5.81. The average molecular weight is 452 g/mol. The highest BCUT2D eigenvalue weighted by Gasteiger charge is 2.30. The zero-order valence-electron chi connectivity index (χ0n) is 20.0. The second kappa shape index (κ2) is 12.2. The molecule has 7 heteroatoms. The van der Waals surface area contributed by atoms with Crippen LogP contribution in [-0.2, 0) is 19.0 Å². The summed E-state index contributed by atoms with van der Waals surface area (Å²) in [5, 5.41) is 2.64. The van der Waals surface area contributed by atoms with Crippen molar-refractivity contribution in [2.45, 2.75) is 97.0 Å². The van der Waals surface area contributed by atoms with Gasteiger partial charge in [-0.25, -0.2) is 14.0 Å². The summed E-state index contributed by atoms with van der Waals surface area (Å²) in [5.74, 6) is 0.156. The van der Waals surface area contributed by atoms with Crippen LogP contribution in [0.25, 0.3) is 0 Å². The second-order valence-corrected chi connectivity index (χ2v) is 9.81. The van der Waals surface area contributed by atoms with Crippen LogP contribution >= 0.6 is 0 Å². The first-order chi connectivity index (χ1) is 15.0. The molecule has 1 saturated heterocycles. The summed E-state index contributed by atoms with van der Waals surface area (Å²) < 4.78 is 28.8. The molecular formula is C25H38FNO5. The Labute approximate surface area is 191 Å². The SMILES string of the molecule is CC1CC(OCC2CC2)CCC[C@H](NC(=O)OC(C)(C)C)C(=O)O1.Cc1ccc(F)cc1. The number of cyclic esters (lactones) is 1. The molecule has 3 atom stereocenters. The number of ether oxygens (including phenoxy) is 3. The Morgan fingerprint density at radius 1 is 1.16 bits per heavy atom. The van der Waals surface area contributed by atoms with E-state index in [1.165, 1.54) is 25.0 Å². The average Bonchev–Trinajstić information content (AvgIpc) is 3.50. The Kier molecular flexibility index (Phi) is 9.94. The Morgan fingerprint density at radius 3 is 2.38 bits per heavy atom. The lowest BCUT2D eigenvalue weighted by molar-refractivity contribution is -0.152. The van der Waals surface area contributed by atoms with E-state index < -0.39 is 23.7 Å². The molecule has 2 aliphatic rings. The van der Waals surface area contributed by atoms with Gasteiger partial charge in [-0.05, 0) is 84.8 Å². The van der Waals surface area contributed by atoms with Crippen molar-refractivity contribution in [3.63, 3.8) is 0 Å². The molecule has 1 heterocycles. The molecule has 1 amide bonds. The third-order valence-corrected chi connectivity index (χ3v) is 5.18. The maximum Gasteiger partial charge on any atom is 0.408 e. The van der Waals surface area contributed by atoms with E-state index in [9.17, 15) is 14.0 Å². The van der Waals surface area contributed by atoms with Crippen LogP contribution in [0.15, 0.2) is 24.3 Å². The molecule has 1 saturated carbocycles. The van der Waals surface area contributed by atoms with E-state index in [2.05, 4.69) is 5.32 Å². The first-order valence-electron chi connectivity index (χ1n) is 11.6. The zero-order chi connectivity index (χ0) is 23.7. The lowest BCUT2D eigenvalue weighted by Crippen LogP contribution is -2.44. The van der Waals surface area contributed by atoms with Gasteiger partial charge in [0.2, 0.25) is 0 Å². The highest BCUT2D eigenvalue weighted by Crippen LogP contribution is 2.30. The number of esters is 1. The van der Waals surface area contributed by atoms with Crippen LogP contribution in [0.4, 0.5) is 9.18 Å². The number of carbonyl (C=O) groups is 2. The smallest absolute Gasteiger partial charge is 0.408 e. The Hall–Kier alpha value is -2.15. The van der Waals surface area contributed by atoms with E-state index >= 15 is 0 Å². The zero-order valence-corrected chi connectivity index (χ0v) is 20.0. The Bertz CT molecular complexity index is 706. The summed E-state index contributed by atoms with van der Waals surface area (Å²) in [6.45, 7) is 9.99. The van der Waals surface area contributed by atoms with Crippen LogP contribution < -0.4 is 5.32 Å². The Balaban J connectivity index is 0.000000380. The largest absolute Gasteiger partial charge is 0.461 e. The first kappa shape index (κ1) is 26.1. The van der Waals surface area contributed by atoms with Crippen LogP contribution in [0.3, 0.4) is 0 Å². The number of aryl methyl sites for hydroxylation is 1. The number of rotatable bonds is 4. The van der Waals surface area contributed by atoms with Crippen LogP contribution in [0, 0.1) is 18.7 Å². The molecule has 1 aliphatic heterocycles. The van der Waals surface area contributed by atoms with E-state index in [1.807, 2.05) is 13.8 Å². The predicted octanol–water partition coefficient (Wildman–Crippen LogP) is 5.31. The predicted molar refractivity (Wildman–Crippen MR) is 121 cm³/mol. The van der Waals surface area contributed by atoms with Gasteiger partial charge in [0.15, 0.2) is 0 Å². The van der Waals surface area contributed by atoms with Crippen LogP contribution in [0.1, 0.15) is 71.8 Å². The molecule has 2 fully saturated rings. The molecule has 0 spiro atoms. The normalized spacial score (nSPS) is 24.1. The lowest BCUT2D eigenvalue weighted by atomic mass is 10.0. The summed E-state index contributed by atoms with van der Waals surface area (Å²) in [5.41, 5.74) is 0.494. The molecule has 2 unspecified atom stereocenters. The summed E-state index contributed by atoms with van der Waals surface area (Å²) in [6, 6.07) is 5.74. The fourth-order valence-electron chi connectivity index (χ4n) is 3.31. The first-order valence-corrected chi connectivity index (χ1v) is 11.6. The van der Waals surface area contributed by atoms with Gasteiger partial charge in [-0.15, -0.1) is 0 Å². The molecule has 6 nitrogen and oxygen atoms in total. The number of benzene rings is 1. The van der Waals surface area contributed by atoms with Crippen molar-refractivity contribution in [2.24, 2.45) is 5.92 Å². The molecule has 32 heavy (non-hydrogen) atoms. The topological polar surface area (TPSA) is 73.9 Å². The summed E-state index contributed by atoms with van der Waals surface area (Å²) in [7, 11) is 0. The van der Waals surface area contributed by atoms with Gasteiger partial charge in [0.25, 0.3) is 0 Å². The number of halogens is 1. The molecule has 3 rings (SSSR count). The minimum Gasteiger partial charge on any atom is -0.461 e. The van der Waals surface area contributed by atoms with Crippen LogP contribution in [-0.4, -0.2) is 42.5 Å². The number of nitrogens with one attached hydrogen (secondary N) is 1. The van der Waals surface area contributed by atoms with Crippen molar-refractivity contribution in [2.75, 3.05) is 6.61 Å².